The first-order valence-corrected chi connectivity index (χ1v) is 11.8. The van der Waals surface area contributed by atoms with Gasteiger partial charge in [0.15, 0.2) is 0 Å². The van der Waals surface area contributed by atoms with Crippen molar-refractivity contribution in [2.45, 2.75) is 84.5 Å². The average molecular weight is 415 g/mol. The van der Waals surface area contributed by atoms with E-state index in [1.54, 1.807) is 0 Å². The van der Waals surface area contributed by atoms with E-state index in [0.29, 0.717) is 10.4 Å². The molecule has 3 heteroatoms. The van der Waals surface area contributed by atoms with Crippen LogP contribution < -0.4 is 5.63 Å². The zero-order chi connectivity index (χ0) is 20.6. The minimum absolute atomic E-state index is 0.290. The Bertz CT molecular complexity index is 872. The van der Waals surface area contributed by atoms with Crippen molar-refractivity contribution >= 4 is 22.4 Å². The lowest BCUT2D eigenvalue weighted by molar-refractivity contribution is 0.254. The molecule has 0 unspecified atom stereocenters. The number of rotatable bonds is 9. The third-order valence-corrected chi connectivity index (χ3v) is 6.97. The van der Waals surface area contributed by atoms with Crippen molar-refractivity contribution in [2.75, 3.05) is 0 Å². The molecule has 29 heavy (non-hydrogen) atoms. The summed E-state index contributed by atoms with van der Waals surface area (Å²) in [6, 6.07) is 6.13. The largest absolute Gasteiger partial charge is 0.427 e. The first kappa shape index (κ1) is 22.2. The van der Waals surface area contributed by atoms with Crippen molar-refractivity contribution < 1.29 is 4.42 Å². The summed E-state index contributed by atoms with van der Waals surface area (Å²) in [6.45, 7) is 4.24. The predicted octanol–water partition coefficient (Wildman–Crippen LogP) is 7.88. The van der Waals surface area contributed by atoms with E-state index >= 15 is 0 Å². The Labute approximate surface area is 180 Å². The van der Waals surface area contributed by atoms with Crippen molar-refractivity contribution in [3.05, 3.63) is 57.1 Å². The molecule has 0 spiro atoms. The normalized spacial score (nSPS) is 20.0. The monoisotopic (exact) mass is 414 g/mol. The molecule has 1 heterocycles. The molecule has 0 bridgehead atoms. The van der Waals surface area contributed by atoms with E-state index in [-0.39, 0.29) is 5.63 Å². The van der Waals surface area contributed by atoms with Gasteiger partial charge in [0.25, 0.3) is 0 Å². The smallest absolute Gasteiger partial charge is 0.345 e. The standard InChI is InChI=1S/C26H35ClO2/c1-3-5-7-8-19-10-12-20(13-11-19)14-15-21-16-17-22-18-23(9-6-4-2)29-26(28)24(22)25(21)27/h3,5,16-20H,4,6-15H2,1-2H3/b5-3+. The lowest BCUT2D eigenvalue weighted by Gasteiger charge is -2.28. The molecule has 3 rings (SSSR count). The fraction of sp³-hybridized carbons (Fsp3) is 0.577. The molecule has 2 nitrogen and oxygen atoms in total. The van der Waals surface area contributed by atoms with Crippen LogP contribution in [0.4, 0.5) is 0 Å². The van der Waals surface area contributed by atoms with Gasteiger partial charge in [-0.1, -0.05) is 74.9 Å². The number of hydrogen-bond donors (Lipinski definition) is 0. The molecular formula is C26H35ClO2. The van der Waals surface area contributed by atoms with E-state index in [1.165, 1.54) is 38.5 Å². The summed E-state index contributed by atoms with van der Waals surface area (Å²) in [5.41, 5.74) is 0.796. The van der Waals surface area contributed by atoms with Crippen LogP contribution in [0.3, 0.4) is 0 Å². The summed E-state index contributed by atoms with van der Waals surface area (Å²) < 4.78 is 5.53. The molecule has 1 aliphatic carbocycles. The maximum Gasteiger partial charge on any atom is 0.345 e. The highest BCUT2D eigenvalue weighted by molar-refractivity contribution is 6.36. The molecule has 0 radical (unpaired) electrons. The van der Waals surface area contributed by atoms with Gasteiger partial charge < -0.3 is 4.42 Å². The third-order valence-electron chi connectivity index (χ3n) is 6.54. The molecule has 1 aliphatic rings. The van der Waals surface area contributed by atoms with Crippen molar-refractivity contribution in [3.63, 3.8) is 0 Å². The van der Waals surface area contributed by atoms with Crippen LogP contribution in [0.15, 0.2) is 39.6 Å². The van der Waals surface area contributed by atoms with Crippen molar-refractivity contribution in [3.8, 4) is 0 Å². The highest BCUT2D eigenvalue weighted by atomic mass is 35.5. The van der Waals surface area contributed by atoms with E-state index < -0.39 is 0 Å². The highest BCUT2D eigenvalue weighted by Gasteiger charge is 2.21. The summed E-state index contributed by atoms with van der Waals surface area (Å²) in [5.74, 6) is 2.45. The van der Waals surface area contributed by atoms with E-state index in [2.05, 4.69) is 32.1 Å². The number of allylic oxidation sites excluding steroid dienone is 2. The summed E-state index contributed by atoms with van der Waals surface area (Å²) in [6.07, 6.45) is 17.4. The van der Waals surface area contributed by atoms with Gasteiger partial charge in [-0.2, -0.15) is 0 Å². The third kappa shape index (κ3) is 5.98. The van der Waals surface area contributed by atoms with Crippen LogP contribution in [0, 0.1) is 11.8 Å². The van der Waals surface area contributed by atoms with E-state index in [9.17, 15) is 4.79 Å². The topological polar surface area (TPSA) is 30.2 Å². The first-order valence-electron chi connectivity index (χ1n) is 11.5. The second kappa shape index (κ2) is 11.0. The zero-order valence-electron chi connectivity index (χ0n) is 18.0. The molecule has 0 atom stereocenters. The number of unbranched alkanes of at least 4 members (excludes halogenated alkanes) is 1. The van der Waals surface area contributed by atoms with Gasteiger partial charge in [-0.15, -0.1) is 0 Å². The van der Waals surface area contributed by atoms with Gasteiger partial charge in [-0.25, -0.2) is 4.79 Å². The molecule has 1 aromatic heterocycles. The SMILES string of the molecule is C/C=C/CCC1CCC(CCc2ccc3cc(CCCC)oc(=O)c3c2Cl)CC1. The summed E-state index contributed by atoms with van der Waals surface area (Å²) >= 11 is 6.65. The highest BCUT2D eigenvalue weighted by Crippen LogP contribution is 2.35. The van der Waals surface area contributed by atoms with Gasteiger partial charge in [0.05, 0.1) is 10.4 Å². The number of halogens is 1. The summed E-state index contributed by atoms with van der Waals surface area (Å²) in [4.78, 5) is 12.5. The predicted molar refractivity (Wildman–Crippen MR) is 124 cm³/mol. The molecule has 1 saturated carbocycles. The van der Waals surface area contributed by atoms with Crippen LogP contribution in [-0.2, 0) is 12.8 Å². The zero-order valence-corrected chi connectivity index (χ0v) is 18.8. The van der Waals surface area contributed by atoms with Crippen molar-refractivity contribution in [1.82, 2.24) is 0 Å². The maximum absolute atomic E-state index is 12.5. The Morgan fingerprint density at radius 2 is 1.83 bits per heavy atom. The minimum Gasteiger partial charge on any atom is -0.427 e. The Balaban J connectivity index is 1.60. The molecule has 2 aromatic rings. The van der Waals surface area contributed by atoms with Gasteiger partial charge in [0.1, 0.15) is 5.76 Å². The molecule has 1 fully saturated rings. The van der Waals surface area contributed by atoms with Crippen molar-refractivity contribution in [1.29, 1.82) is 0 Å². The Morgan fingerprint density at radius 3 is 2.52 bits per heavy atom. The molecule has 0 aliphatic heterocycles. The lowest BCUT2D eigenvalue weighted by atomic mass is 9.78. The van der Waals surface area contributed by atoms with Crippen LogP contribution in [0.5, 0.6) is 0 Å². The second-order valence-electron chi connectivity index (χ2n) is 8.68. The number of benzene rings is 1. The molecule has 0 amide bonds. The van der Waals surface area contributed by atoms with Crippen LogP contribution in [0.1, 0.15) is 83.0 Å². The van der Waals surface area contributed by atoms with Crippen LogP contribution in [0.2, 0.25) is 5.02 Å². The quantitative estimate of drug-likeness (QED) is 0.390. The number of fused-ring (bicyclic) bond motifs is 1. The fourth-order valence-electron chi connectivity index (χ4n) is 4.67. The molecule has 158 valence electrons. The second-order valence-corrected chi connectivity index (χ2v) is 9.06. The molecule has 0 saturated heterocycles. The van der Waals surface area contributed by atoms with Gasteiger partial charge >= 0.3 is 5.63 Å². The lowest BCUT2D eigenvalue weighted by Crippen LogP contribution is -2.15. The van der Waals surface area contributed by atoms with E-state index in [4.69, 9.17) is 16.0 Å². The fourth-order valence-corrected chi connectivity index (χ4v) is 5.01. The van der Waals surface area contributed by atoms with E-state index in [1.807, 2.05) is 12.1 Å². The van der Waals surface area contributed by atoms with E-state index in [0.717, 1.165) is 60.6 Å². The summed E-state index contributed by atoms with van der Waals surface area (Å²) in [5, 5.41) is 2.05. The van der Waals surface area contributed by atoms with Gasteiger partial charge in [-0.3, -0.25) is 0 Å². The molecular weight excluding hydrogens is 380 g/mol. The summed E-state index contributed by atoms with van der Waals surface area (Å²) in [7, 11) is 0. The number of aryl methyl sites for hydroxylation is 2. The van der Waals surface area contributed by atoms with Crippen LogP contribution in [-0.4, -0.2) is 0 Å². The first-order chi connectivity index (χ1) is 14.1. The van der Waals surface area contributed by atoms with Crippen LogP contribution >= 0.6 is 11.6 Å². The van der Waals surface area contributed by atoms with Crippen LogP contribution in [0.25, 0.3) is 10.8 Å². The Kier molecular flexibility index (Phi) is 8.41. The Hall–Kier alpha value is -1.54. The molecule has 0 N–H and O–H groups in total. The van der Waals surface area contributed by atoms with Gasteiger partial charge in [0.2, 0.25) is 0 Å². The minimum atomic E-state index is -0.290. The number of hydrogen-bond acceptors (Lipinski definition) is 2. The molecule has 1 aromatic carbocycles. The average Bonchev–Trinajstić information content (AvgIpc) is 2.72. The van der Waals surface area contributed by atoms with Gasteiger partial charge in [0, 0.05) is 6.42 Å². The maximum atomic E-state index is 12.5. The van der Waals surface area contributed by atoms with Gasteiger partial charge in [-0.05, 0) is 67.9 Å². The Morgan fingerprint density at radius 1 is 1.10 bits per heavy atom. The van der Waals surface area contributed by atoms with Crippen molar-refractivity contribution in [2.24, 2.45) is 11.8 Å².